The number of nitrogens with zero attached hydrogens (tertiary/aromatic N) is 2. The van der Waals surface area contributed by atoms with E-state index in [2.05, 4.69) is 15.6 Å². The van der Waals surface area contributed by atoms with E-state index < -0.39 is 52.7 Å². The SMILES string of the molecule is CC(=O)O[C@@H]1CC(C(=O)NC2(c3ccc(-c4scnc4C)cc3)CC2)N(C(=O)[C@@H](NC(=O)OC(C)(C)C)C(C)(C)C)C1. The van der Waals surface area contributed by atoms with Crippen LogP contribution in [0, 0.1) is 12.3 Å². The van der Waals surface area contributed by atoms with E-state index in [1.165, 1.54) is 11.8 Å². The average molecular weight is 599 g/mol. The van der Waals surface area contributed by atoms with E-state index >= 15 is 0 Å². The monoisotopic (exact) mass is 598 g/mol. The first-order chi connectivity index (χ1) is 19.5. The molecule has 1 aromatic carbocycles. The molecule has 0 radical (unpaired) electrons. The van der Waals surface area contributed by atoms with Crippen LogP contribution >= 0.6 is 11.3 Å². The highest BCUT2D eigenvalue weighted by Gasteiger charge is 2.51. The summed E-state index contributed by atoms with van der Waals surface area (Å²) in [6.45, 7) is 14.1. The third kappa shape index (κ3) is 7.29. The molecule has 0 spiro atoms. The van der Waals surface area contributed by atoms with Crippen LogP contribution < -0.4 is 10.6 Å². The predicted molar refractivity (Wildman–Crippen MR) is 160 cm³/mol. The minimum atomic E-state index is -0.976. The van der Waals surface area contributed by atoms with Gasteiger partial charge in [-0.25, -0.2) is 9.78 Å². The van der Waals surface area contributed by atoms with E-state index in [0.717, 1.165) is 34.5 Å². The fourth-order valence-corrected chi connectivity index (χ4v) is 6.11. The van der Waals surface area contributed by atoms with Crippen molar-refractivity contribution >= 4 is 35.2 Å². The van der Waals surface area contributed by atoms with Gasteiger partial charge in [-0.3, -0.25) is 14.4 Å². The smallest absolute Gasteiger partial charge is 0.408 e. The van der Waals surface area contributed by atoms with Crippen LogP contribution in [0.3, 0.4) is 0 Å². The van der Waals surface area contributed by atoms with Gasteiger partial charge in [0.25, 0.3) is 0 Å². The molecule has 1 saturated heterocycles. The maximum atomic E-state index is 14.0. The van der Waals surface area contributed by atoms with E-state index in [1.807, 2.05) is 57.5 Å². The van der Waals surface area contributed by atoms with E-state index in [1.54, 1.807) is 32.1 Å². The van der Waals surface area contributed by atoms with E-state index in [4.69, 9.17) is 9.47 Å². The molecular formula is C31H42N4O6S. The van der Waals surface area contributed by atoms with Crippen LogP contribution in [-0.2, 0) is 29.4 Å². The molecule has 2 fully saturated rings. The van der Waals surface area contributed by atoms with Gasteiger partial charge >= 0.3 is 12.1 Å². The van der Waals surface area contributed by atoms with Gasteiger partial charge in [0.05, 0.1) is 28.2 Å². The summed E-state index contributed by atoms with van der Waals surface area (Å²) in [5, 5.41) is 5.92. The number of amides is 3. The zero-order valence-corrected chi connectivity index (χ0v) is 26.5. The van der Waals surface area contributed by atoms with Crippen molar-refractivity contribution < 1.29 is 28.7 Å². The summed E-state index contributed by atoms with van der Waals surface area (Å²) in [7, 11) is 0. The lowest BCUT2D eigenvalue weighted by Crippen LogP contribution is -2.58. The maximum absolute atomic E-state index is 14.0. The van der Waals surface area contributed by atoms with Gasteiger partial charge in [0.1, 0.15) is 23.8 Å². The summed E-state index contributed by atoms with van der Waals surface area (Å²) < 4.78 is 10.9. The summed E-state index contributed by atoms with van der Waals surface area (Å²) in [4.78, 5) is 59.2. The van der Waals surface area contributed by atoms with Crippen molar-refractivity contribution in [2.45, 2.75) is 104 Å². The number of aryl methyl sites for hydroxylation is 1. The van der Waals surface area contributed by atoms with Gasteiger partial charge in [0, 0.05) is 13.3 Å². The number of hydrogen-bond donors (Lipinski definition) is 2. The number of nitrogens with one attached hydrogen (secondary N) is 2. The van der Waals surface area contributed by atoms with E-state index in [9.17, 15) is 19.2 Å². The Bertz CT molecular complexity index is 1340. The van der Waals surface area contributed by atoms with Crippen molar-refractivity contribution in [1.29, 1.82) is 0 Å². The molecule has 2 aromatic rings. The lowest BCUT2D eigenvalue weighted by Gasteiger charge is -2.36. The second-order valence-electron chi connectivity index (χ2n) is 13.3. The van der Waals surface area contributed by atoms with Gasteiger partial charge in [0.15, 0.2) is 0 Å². The lowest BCUT2D eigenvalue weighted by molar-refractivity contribution is -0.147. The van der Waals surface area contributed by atoms with Gasteiger partial charge < -0.3 is 25.0 Å². The van der Waals surface area contributed by atoms with E-state index in [-0.39, 0.29) is 18.9 Å². The average Bonchev–Trinajstić information content (AvgIpc) is 3.31. The largest absolute Gasteiger partial charge is 0.461 e. The molecule has 42 heavy (non-hydrogen) atoms. The van der Waals surface area contributed by atoms with Crippen LogP contribution in [0.4, 0.5) is 4.79 Å². The van der Waals surface area contributed by atoms with Crippen LogP contribution in [-0.4, -0.2) is 64.1 Å². The molecule has 1 saturated carbocycles. The second-order valence-corrected chi connectivity index (χ2v) is 14.2. The second kappa shape index (κ2) is 11.7. The first-order valence-corrected chi connectivity index (χ1v) is 15.2. The minimum absolute atomic E-state index is 0.0506. The summed E-state index contributed by atoms with van der Waals surface area (Å²) in [6, 6.07) is 6.30. The molecule has 1 aliphatic heterocycles. The number of alkyl carbamates (subject to hydrolysis) is 1. The van der Waals surface area contributed by atoms with Crippen molar-refractivity contribution in [3.05, 3.63) is 41.0 Å². The maximum Gasteiger partial charge on any atom is 0.408 e. The number of esters is 1. The molecule has 1 unspecified atom stereocenters. The van der Waals surface area contributed by atoms with Gasteiger partial charge in [-0.15, -0.1) is 11.3 Å². The Morgan fingerprint density at radius 3 is 2.21 bits per heavy atom. The molecule has 228 valence electrons. The van der Waals surface area contributed by atoms with Crippen LogP contribution in [0.1, 0.15) is 79.0 Å². The van der Waals surface area contributed by atoms with Crippen LogP contribution in [0.25, 0.3) is 10.4 Å². The Balaban J connectivity index is 1.54. The first-order valence-electron chi connectivity index (χ1n) is 14.3. The van der Waals surface area contributed by atoms with Crippen LogP contribution in [0.2, 0.25) is 0 Å². The third-order valence-corrected chi connectivity index (χ3v) is 8.49. The highest BCUT2D eigenvalue weighted by atomic mass is 32.1. The standard InChI is InChI=1S/C31H42N4O6S/c1-18-24(42-17-32-18)20-9-11-21(12-10-20)31(13-14-31)34-26(37)23-15-22(40-19(2)36)16-35(23)27(38)25(29(3,4)5)33-28(39)41-30(6,7)8/h9-12,17,22-23,25H,13-16H2,1-8H3,(H,33,39)(H,34,37)/t22-,23?,25-/m1/s1. The third-order valence-electron chi connectivity index (χ3n) is 7.51. The number of aromatic nitrogens is 1. The fraction of sp³-hybridized carbons (Fsp3) is 0.581. The molecule has 1 aromatic heterocycles. The Kier molecular flexibility index (Phi) is 8.74. The molecule has 4 rings (SSSR count). The summed E-state index contributed by atoms with van der Waals surface area (Å²) in [5.74, 6) is -1.23. The Hall–Kier alpha value is -3.47. The van der Waals surface area contributed by atoms with E-state index in [0.29, 0.717) is 0 Å². The van der Waals surface area contributed by atoms with Gasteiger partial charge in [0.2, 0.25) is 11.8 Å². The molecule has 10 nitrogen and oxygen atoms in total. The zero-order valence-electron chi connectivity index (χ0n) is 25.7. The number of hydrogen-bond acceptors (Lipinski definition) is 8. The number of carbonyl (C=O) groups is 4. The molecule has 2 aliphatic rings. The molecule has 3 atom stereocenters. The Labute approximate surface area is 251 Å². The topological polar surface area (TPSA) is 127 Å². The summed E-state index contributed by atoms with van der Waals surface area (Å²) in [5.41, 5.74) is 2.91. The number of likely N-dealkylation sites (tertiary alicyclic amines) is 1. The molecule has 3 amide bonds. The predicted octanol–water partition coefficient (Wildman–Crippen LogP) is 4.70. The van der Waals surface area contributed by atoms with Gasteiger partial charge in [-0.2, -0.15) is 0 Å². The number of carbonyl (C=O) groups excluding carboxylic acids is 4. The Morgan fingerprint density at radius 2 is 1.71 bits per heavy atom. The fourth-order valence-electron chi connectivity index (χ4n) is 5.30. The summed E-state index contributed by atoms with van der Waals surface area (Å²) in [6.07, 6.45) is 0.357. The molecule has 0 bridgehead atoms. The summed E-state index contributed by atoms with van der Waals surface area (Å²) >= 11 is 1.59. The zero-order chi connectivity index (χ0) is 31.0. The highest BCUT2D eigenvalue weighted by molar-refractivity contribution is 7.13. The van der Waals surface area contributed by atoms with Crippen molar-refractivity contribution in [3.8, 4) is 10.4 Å². The van der Waals surface area contributed by atoms with Crippen molar-refractivity contribution in [2.75, 3.05) is 6.54 Å². The van der Waals surface area contributed by atoms with Crippen molar-refractivity contribution in [3.63, 3.8) is 0 Å². The molecule has 2 N–H and O–H groups in total. The minimum Gasteiger partial charge on any atom is -0.461 e. The molecule has 11 heteroatoms. The number of thiazole rings is 1. The quantitative estimate of drug-likeness (QED) is 0.443. The number of ether oxygens (including phenoxy) is 2. The van der Waals surface area contributed by atoms with Crippen molar-refractivity contribution in [1.82, 2.24) is 20.5 Å². The molecule has 2 heterocycles. The van der Waals surface area contributed by atoms with Crippen LogP contribution in [0.15, 0.2) is 29.8 Å². The van der Waals surface area contributed by atoms with Gasteiger partial charge in [-0.1, -0.05) is 45.0 Å². The first kappa shape index (κ1) is 31.5. The molecule has 1 aliphatic carbocycles. The van der Waals surface area contributed by atoms with Gasteiger partial charge in [-0.05, 0) is 57.1 Å². The number of benzene rings is 1. The number of rotatable bonds is 7. The Morgan fingerprint density at radius 1 is 1.07 bits per heavy atom. The lowest BCUT2D eigenvalue weighted by atomic mass is 9.85. The normalized spacial score (nSPS) is 20.4. The molecular weight excluding hydrogens is 556 g/mol. The highest BCUT2D eigenvalue weighted by Crippen LogP contribution is 2.46. The van der Waals surface area contributed by atoms with Crippen molar-refractivity contribution in [2.24, 2.45) is 5.41 Å². The van der Waals surface area contributed by atoms with Crippen LogP contribution in [0.5, 0.6) is 0 Å².